The summed E-state index contributed by atoms with van der Waals surface area (Å²) in [6.45, 7) is 3.50. The molecule has 0 heterocycles. The number of hydrogen-bond acceptors (Lipinski definition) is 0. The van der Waals surface area contributed by atoms with Crippen LogP contribution in [-0.4, -0.2) is 6.67 Å². The third-order valence-corrected chi connectivity index (χ3v) is 0.309. The maximum atomic E-state index is 11.1. The van der Waals surface area contributed by atoms with Gasteiger partial charge in [0.1, 0.15) is 0 Å². The van der Waals surface area contributed by atoms with Crippen LogP contribution in [0.1, 0.15) is 15.3 Å². The van der Waals surface area contributed by atoms with Gasteiger partial charge in [-0.05, 0) is 5.92 Å². The SMILES string of the molecule is CC(C)CF.[H-].[Na+]. The van der Waals surface area contributed by atoms with E-state index in [1.54, 1.807) is 0 Å². The number of halogens is 1. The molecule has 0 saturated heterocycles. The van der Waals surface area contributed by atoms with Gasteiger partial charge in [0.25, 0.3) is 0 Å². The van der Waals surface area contributed by atoms with Gasteiger partial charge < -0.3 is 1.43 Å². The Kier molecular flexibility index (Phi) is 9.91. The molecule has 0 fully saturated rings. The molecule has 0 aliphatic rings. The maximum absolute atomic E-state index is 11.1. The van der Waals surface area contributed by atoms with Crippen molar-refractivity contribution in [2.24, 2.45) is 5.92 Å². The van der Waals surface area contributed by atoms with Crippen molar-refractivity contribution in [2.75, 3.05) is 6.67 Å². The van der Waals surface area contributed by atoms with Gasteiger partial charge in [-0.2, -0.15) is 0 Å². The van der Waals surface area contributed by atoms with Crippen molar-refractivity contribution >= 4 is 0 Å². The summed E-state index contributed by atoms with van der Waals surface area (Å²) in [5.74, 6) is 0.218. The van der Waals surface area contributed by atoms with Gasteiger partial charge in [0.2, 0.25) is 0 Å². The third kappa shape index (κ3) is 8.87. The number of hydrogen-bond donors (Lipinski definition) is 0. The summed E-state index contributed by atoms with van der Waals surface area (Å²) in [5, 5.41) is 0. The summed E-state index contributed by atoms with van der Waals surface area (Å²) in [6.07, 6.45) is 0. The quantitative estimate of drug-likeness (QED) is 0.360. The standard InChI is InChI=1S/C4H9F.Na.H/c1-4(2)3-5;;/h4H,3H2,1-2H3;;/q;+1;-1. The van der Waals surface area contributed by atoms with Crippen molar-refractivity contribution in [3.05, 3.63) is 0 Å². The van der Waals surface area contributed by atoms with Crippen LogP contribution in [0.25, 0.3) is 0 Å². The average Bonchev–Trinajstić information content (AvgIpc) is 1.38. The second-order valence-corrected chi connectivity index (χ2v) is 1.55. The molecular formula is C4H10FNa. The van der Waals surface area contributed by atoms with E-state index in [1.165, 1.54) is 0 Å². The van der Waals surface area contributed by atoms with Crippen LogP contribution in [0.5, 0.6) is 0 Å². The molecule has 0 aliphatic heterocycles. The van der Waals surface area contributed by atoms with Crippen LogP contribution in [0.3, 0.4) is 0 Å². The van der Waals surface area contributed by atoms with Gasteiger partial charge in [0.05, 0.1) is 6.67 Å². The van der Waals surface area contributed by atoms with Crippen LogP contribution < -0.4 is 29.6 Å². The summed E-state index contributed by atoms with van der Waals surface area (Å²) in [5.41, 5.74) is 0. The Morgan fingerprint density at radius 2 is 1.83 bits per heavy atom. The van der Waals surface area contributed by atoms with E-state index in [-0.39, 0.29) is 43.6 Å². The van der Waals surface area contributed by atoms with Gasteiger partial charge >= 0.3 is 29.6 Å². The molecule has 0 nitrogen and oxygen atoms in total. The van der Waals surface area contributed by atoms with Crippen LogP contribution in [0.2, 0.25) is 0 Å². The second kappa shape index (κ2) is 5.93. The van der Waals surface area contributed by atoms with Gasteiger partial charge in [-0.3, -0.25) is 4.39 Å². The fourth-order valence-corrected chi connectivity index (χ4v) is 0. The minimum atomic E-state index is -0.194. The van der Waals surface area contributed by atoms with Gasteiger partial charge in [0, 0.05) is 0 Å². The summed E-state index contributed by atoms with van der Waals surface area (Å²) in [7, 11) is 0. The minimum Gasteiger partial charge on any atom is -1.00 e. The first-order valence-corrected chi connectivity index (χ1v) is 1.83. The summed E-state index contributed by atoms with van der Waals surface area (Å²) >= 11 is 0. The fraction of sp³-hybridized carbons (Fsp3) is 1.00. The smallest absolute Gasteiger partial charge is 1.00 e. The Labute approximate surface area is 61.9 Å². The van der Waals surface area contributed by atoms with E-state index in [2.05, 4.69) is 0 Å². The molecule has 0 atom stereocenters. The van der Waals surface area contributed by atoms with Gasteiger partial charge in [0.15, 0.2) is 0 Å². The summed E-state index contributed by atoms with van der Waals surface area (Å²) in [4.78, 5) is 0. The normalized spacial score (nSPS) is 8.00. The Hall–Kier alpha value is 0.930. The van der Waals surface area contributed by atoms with E-state index in [1.807, 2.05) is 13.8 Å². The fourth-order valence-electron chi connectivity index (χ4n) is 0. The Bertz CT molecular complexity index is 25.7. The largest absolute Gasteiger partial charge is 1.00 e. The molecule has 0 amide bonds. The van der Waals surface area contributed by atoms with Crippen molar-refractivity contribution in [1.29, 1.82) is 0 Å². The monoisotopic (exact) mass is 100 g/mol. The molecule has 0 saturated carbocycles. The van der Waals surface area contributed by atoms with Crippen LogP contribution in [-0.2, 0) is 0 Å². The predicted octanol–water partition coefficient (Wildman–Crippen LogP) is -1.27. The van der Waals surface area contributed by atoms with Crippen LogP contribution >= 0.6 is 0 Å². The van der Waals surface area contributed by atoms with E-state index in [0.717, 1.165) is 0 Å². The van der Waals surface area contributed by atoms with Crippen LogP contribution in [0.15, 0.2) is 0 Å². The molecule has 0 aliphatic carbocycles. The third-order valence-electron chi connectivity index (χ3n) is 0.309. The molecule has 0 aromatic heterocycles. The molecule has 0 aromatic rings. The molecule has 0 radical (unpaired) electrons. The van der Waals surface area contributed by atoms with Crippen LogP contribution in [0.4, 0.5) is 4.39 Å². The van der Waals surface area contributed by atoms with E-state index in [0.29, 0.717) is 0 Å². The van der Waals surface area contributed by atoms with Crippen molar-refractivity contribution in [3.63, 3.8) is 0 Å². The molecule has 34 valence electrons. The van der Waals surface area contributed by atoms with Crippen LogP contribution in [0, 0.1) is 5.92 Å². The van der Waals surface area contributed by atoms with Gasteiger partial charge in [-0.1, -0.05) is 13.8 Å². The second-order valence-electron chi connectivity index (χ2n) is 1.55. The molecular weight excluding hydrogens is 90.0 g/mol. The molecule has 0 spiro atoms. The summed E-state index contributed by atoms with van der Waals surface area (Å²) in [6, 6.07) is 0. The van der Waals surface area contributed by atoms with E-state index in [4.69, 9.17) is 0 Å². The summed E-state index contributed by atoms with van der Waals surface area (Å²) < 4.78 is 11.1. The first-order valence-electron chi connectivity index (χ1n) is 1.83. The minimum absolute atomic E-state index is 0. The first-order chi connectivity index (χ1) is 2.27. The Morgan fingerprint density at radius 1 is 1.67 bits per heavy atom. The van der Waals surface area contributed by atoms with Crippen molar-refractivity contribution in [3.8, 4) is 0 Å². The molecule has 0 rings (SSSR count). The average molecular weight is 100 g/mol. The Balaban J connectivity index is -0.0000000800. The molecule has 6 heavy (non-hydrogen) atoms. The number of alkyl halides is 1. The van der Waals surface area contributed by atoms with Crippen molar-refractivity contribution < 1.29 is 35.4 Å². The molecule has 0 unspecified atom stereocenters. The molecule has 2 heteroatoms. The number of rotatable bonds is 1. The van der Waals surface area contributed by atoms with Gasteiger partial charge in [-0.25, -0.2) is 0 Å². The Morgan fingerprint density at radius 3 is 1.83 bits per heavy atom. The zero-order chi connectivity index (χ0) is 4.28. The zero-order valence-electron chi connectivity index (χ0n) is 5.66. The topological polar surface area (TPSA) is 0 Å². The van der Waals surface area contributed by atoms with E-state index >= 15 is 0 Å². The zero-order valence-corrected chi connectivity index (χ0v) is 6.66. The van der Waals surface area contributed by atoms with Crippen molar-refractivity contribution in [1.82, 2.24) is 0 Å². The van der Waals surface area contributed by atoms with Gasteiger partial charge in [-0.15, -0.1) is 0 Å². The first kappa shape index (κ1) is 10.0. The van der Waals surface area contributed by atoms with E-state index in [9.17, 15) is 4.39 Å². The molecule has 0 aromatic carbocycles. The van der Waals surface area contributed by atoms with E-state index < -0.39 is 0 Å². The van der Waals surface area contributed by atoms with Crippen molar-refractivity contribution in [2.45, 2.75) is 13.8 Å². The maximum Gasteiger partial charge on any atom is 1.00 e. The predicted molar refractivity (Wildman–Crippen MR) is 21.9 cm³/mol. The molecule has 0 N–H and O–H groups in total. The molecule has 0 bridgehead atoms.